The number of hydrogen-bond donors (Lipinski definition) is 1. The first-order valence-electron chi connectivity index (χ1n) is 6.39. The Bertz CT molecular complexity index is 380. The zero-order chi connectivity index (χ0) is 12.5. The molecule has 1 aliphatic heterocycles. The Morgan fingerprint density at radius 3 is 2.94 bits per heavy atom. The molecule has 0 bridgehead atoms. The minimum atomic E-state index is -0.335. The number of piperidine rings is 1. The molecule has 0 amide bonds. The van der Waals surface area contributed by atoms with Crippen molar-refractivity contribution < 1.29 is 5.02 Å². The minimum absolute atomic E-state index is 0.237. The van der Waals surface area contributed by atoms with Crippen LogP contribution in [0, 0.1) is 12.3 Å². The molecule has 0 aromatic carbocycles. The van der Waals surface area contributed by atoms with Crippen molar-refractivity contribution in [2.75, 3.05) is 13.1 Å². The highest BCUT2D eigenvalue weighted by molar-refractivity contribution is 6.45. The van der Waals surface area contributed by atoms with E-state index in [1.807, 2.05) is 19.3 Å². The third kappa shape index (κ3) is 2.90. The van der Waals surface area contributed by atoms with Gasteiger partial charge in [0.1, 0.15) is 0 Å². The molecule has 5 heteroatoms. The zero-order valence-electron chi connectivity index (χ0n) is 11.1. The summed E-state index contributed by atoms with van der Waals surface area (Å²) in [5.74, 6) is 0. The molecular weight excluding hydrogens is 213 g/mol. The first-order chi connectivity index (χ1) is 8.00. The molecule has 0 spiro atoms. The van der Waals surface area contributed by atoms with E-state index in [-0.39, 0.29) is 12.5 Å². The smallest absolute Gasteiger partial charge is 0.376 e. The van der Waals surface area contributed by atoms with E-state index in [4.69, 9.17) is 0 Å². The molecule has 1 atom stereocenters. The summed E-state index contributed by atoms with van der Waals surface area (Å²) in [5, 5.41) is 9.70. The second kappa shape index (κ2) is 4.82. The van der Waals surface area contributed by atoms with Crippen molar-refractivity contribution in [1.29, 1.82) is 0 Å². The Hall–Kier alpha value is -0.805. The van der Waals surface area contributed by atoms with Gasteiger partial charge < -0.3 is 14.4 Å². The van der Waals surface area contributed by atoms with Gasteiger partial charge in [-0.15, -0.1) is 0 Å². The average Bonchev–Trinajstić information content (AvgIpc) is 2.64. The van der Waals surface area contributed by atoms with Crippen LogP contribution in [-0.2, 0) is 6.54 Å². The fraction of sp³-hybridized carbons (Fsp3) is 0.750. The molecule has 1 saturated heterocycles. The lowest BCUT2D eigenvalue weighted by Crippen LogP contribution is -2.49. The second-order valence-electron chi connectivity index (χ2n) is 5.68. The maximum Gasteiger partial charge on any atom is 0.376 e. The van der Waals surface area contributed by atoms with Crippen molar-refractivity contribution >= 4 is 7.05 Å². The number of imidazole rings is 1. The lowest BCUT2D eigenvalue weighted by molar-refractivity contribution is 0.130. The van der Waals surface area contributed by atoms with Gasteiger partial charge in [-0.2, -0.15) is 0 Å². The van der Waals surface area contributed by atoms with Crippen LogP contribution < -0.4 is 0 Å². The van der Waals surface area contributed by atoms with E-state index in [1.165, 1.54) is 12.1 Å². The van der Waals surface area contributed by atoms with Gasteiger partial charge in [-0.3, -0.25) is 0 Å². The number of aromatic nitrogens is 2. The lowest BCUT2D eigenvalue weighted by atomic mass is 9.74. The van der Waals surface area contributed by atoms with E-state index >= 15 is 0 Å². The highest BCUT2D eigenvalue weighted by Crippen LogP contribution is 2.31. The summed E-state index contributed by atoms with van der Waals surface area (Å²) in [6.45, 7) is 9.21. The Balaban J connectivity index is 2.06. The standard InChI is InChI=1S/C12H22BN3O/c1-11-7-14-10-15(11)8-12(2)5-4-6-16(9-12)13(3)17/h7,10,17H,4-6,8-9H2,1-3H3. The Kier molecular flexibility index (Phi) is 3.59. The van der Waals surface area contributed by atoms with Gasteiger partial charge in [-0.05, 0) is 45.1 Å². The van der Waals surface area contributed by atoms with E-state index < -0.39 is 0 Å². The summed E-state index contributed by atoms with van der Waals surface area (Å²) in [4.78, 5) is 6.33. The van der Waals surface area contributed by atoms with Gasteiger partial charge in [0.05, 0.1) is 6.33 Å². The van der Waals surface area contributed by atoms with Crippen LogP contribution in [0.3, 0.4) is 0 Å². The first-order valence-corrected chi connectivity index (χ1v) is 6.39. The van der Waals surface area contributed by atoms with Crippen molar-refractivity contribution in [3.05, 3.63) is 18.2 Å². The largest absolute Gasteiger partial charge is 0.437 e. The Labute approximate surface area is 104 Å². The van der Waals surface area contributed by atoms with Crippen LogP contribution in [0.2, 0.25) is 6.82 Å². The Morgan fingerprint density at radius 1 is 1.59 bits per heavy atom. The molecule has 4 nitrogen and oxygen atoms in total. The summed E-state index contributed by atoms with van der Waals surface area (Å²) in [6, 6.07) is 0. The maximum absolute atomic E-state index is 9.70. The molecule has 2 rings (SSSR count). The number of aryl methyl sites for hydroxylation is 1. The monoisotopic (exact) mass is 235 g/mol. The van der Waals surface area contributed by atoms with Crippen LogP contribution >= 0.6 is 0 Å². The van der Waals surface area contributed by atoms with Crippen molar-refractivity contribution in [1.82, 2.24) is 14.4 Å². The molecule has 0 aliphatic carbocycles. The molecular formula is C12H22BN3O. The second-order valence-corrected chi connectivity index (χ2v) is 5.68. The number of nitrogens with zero attached hydrogens (tertiary/aromatic N) is 3. The van der Waals surface area contributed by atoms with Crippen LogP contribution in [-0.4, -0.2) is 39.5 Å². The molecule has 1 N–H and O–H groups in total. The summed E-state index contributed by atoms with van der Waals surface area (Å²) >= 11 is 0. The molecule has 94 valence electrons. The van der Waals surface area contributed by atoms with Gasteiger partial charge in [0.2, 0.25) is 0 Å². The molecule has 1 aliphatic rings. The van der Waals surface area contributed by atoms with Gasteiger partial charge >= 0.3 is 7.05 Å². The van der Waals surface area contributed by atoms with Gasteiger partial charge in [0.25, 0.3) is 0 Å². The molecule has 0 radical (unpaired) electrons. The van der Waals surface area contributed by atoms with Crippen molar-refractivity contribution in [3.63, 3.8) is 0 Å². The van der Waals surface area contributed by atoms with E-state index in [1.54, 1.807) is 0 Å². The number of rotatable bonds is 3. The number of hydrogen-bond acceptors (Lipinski definition) is 3. The topological polar surface area (TPSA) is 41.3 Å². The van der Waals surface area contributed by atoms with Crippen LogP contribution in [0.25, 0.3) is 0 Å². The summed E-state index contributed by atoms with van der Waals surface area (Å²) in [6.07, 6.45) is 6.18. The SMILES string of the molecule is CB(O)N1CCCC(C)(Cn2cncc2C)C1. The van der Waals surface area contributed by atoms with Crippen molar-refractivity contribution in [2.45, 2.75) is 40.1 Å². The van der Waals surface area contributed by atoms with E-state index in [9.17, 15) is 5.02 Å². The highest BCUT2D eigenvalue weighted by atomic mass is 16.2. The molecule has 17 heavy (non-hydrogen) atoms. The van der Waals surface area contributed by atoms with Gasteiger partial charge in [0.15, 0.2) is 0 Å². The normalized spacial score (nSPS) is 26.1. The average molecular weight is 235 g/mol. The molecule has 0 saturated carbocycles. The Morgan fingerprint density at radius 2 is 2.35 bits per heavy atom. The van der Waals surface area contributed by atoms with Crippen molar-refractivity contribution in [3.8, 4) is 0 Å². The predicted molar refractivity (Wildman–Crippen MR) is 69.7 cm³/mol. The van der Waals surface area contributed by atoms with Gasteiger partial charge in [-0.25, -0.2) is 4.98 Å². The highest BCUT2D eigenvalue weighted by Gasteiger charge is 2.34. The quantitative estimate of drug-likeness (QED) is 0.805. The summed E-state index contributed by atoms with van der Waals surface area (Å²) in [7, 11) is -0.335. The fourth-order valence-corrected chi connectivity index (χ4v) is 2.77. The van der Waals surface area contributed by atoms with E-state index in [0.29, 0.717) is 0 Å². The van der Waals surface area contributed by atoms with E-state index in [2.05, 4.69) is 28.2 Å². The van der Waals surface area contributed by atoms with Crippen LogP contribution in [0.15, 0.2) is 12.5 Å². The fourth-order valence-electron chi connectivity index (χ4n) is 2.77. The maximum atomic E-state index is 9.70. The molecule has 2 heterocycles. The van der Waals surface area contributed by atoms with Crippen LogP contribution in [0.1, 0.15) is 25.5 Å². The molecule has 1 aromatic heterocycles. The summed E-state index contributed by atoms with van der Waals surface area (Å²) < 4.78 is 2.21. The van der Waals surface area contributed by atoms with Gasteiger partial charge in [-0.1, -0.05) is 6.92 Å². The third-order valence-corrected chi connectivity index (χ3v) is 3.81. The minimum Gasteiger partial charge on any atom is -0.437 e. The molecule has 1 unspecified atom stereocenters. The van der Waals surface area contributed by atoms with Gasteiger partial charge in [0, 0.05) is 18.4 Å². The lowest BCUT2D eigenvalue weighted by Gasteiger charge is -2.41. The van der Waals surface area contributed by atoms with Crippen molar-refractivity contribution in [2.24, 2.45) is 5.41 Å². The van der Waals surface area contributed by atoms with E-state index in [0.717, 1.165) is 26.1 Å². The first kappa shape index (κ1) is 12.6. The zero-order valence-corrected chi connectivity index (χ0v) is 11.1. The molecule has 1 aromatic rings. The summed E-state index contributed by atoms with van der Waals surface area (Å²) in [5.41, 5.74) is 1.45. The predicted octanol–water partition coefficient (Wildman–Crippen LogP) is 1.40. The van der Waals surface area contributed by atoms with Crippen LogP contribution in [0.5, 0.6) is 0 Å². The molecule has 1 fully saturated rings. The van der Waals surface area contributed by atoms with Crippen LogP contribution in [0.4, 0.5) is 0 Å². The third-order valence-electron chi connectivity index (χ3n) is 3.81.